The smallest absolute Gasteiger partial charge is 0.328 e. The first-order valence-corrected chi connectivity index (χ1v) is 10.8. The second-order valence-corrected chi connectivity index (χ2v) is 8.27. The monoisotopic (exact) mass is 468 g/mol. The fourth-order valence-corrected chi connectivity index (χ4v) is 4.04. The van der Waals surface area contributed by atoms with E-state index in [1.165, 1.54) is 22.4 Å². The largest absolute Gasteiger partial charge is 0.478 e. The number of nitriles is 1. The molecular weight excluding hydrogens is 448 g/mol. The Bertz CT molecular complexity index is 1270. The third-order valence-electron chi connectivity index (χ3n) is 4.09. The van der Waals surface area contributed by atoms with E-state index < -0.39 is 22.0 Å². The molecule has 33 heavy (non-hydrogen) atoms. The summed E-state index contributed by atoms with van der Waals surface area (Å²) >= 11 is 0. The number of rotatable bonds is 7. The first-order valence-electron chi connectivity index (χ1n) is 9.35. The van der Waals surface area contributed by atoms with Crippen LogP contribution in [0.1, 0.15) is 11.1 Å². The average molecular weight is 468 g/mol. The van der Waals surface area contributed by atoms with E-state index in [1.807, 2.05) is 6.07 Å². The van der Waals surface area contributed by atoms with Crippen molar-refractivity contribution in [3.63, 3.8) is 0 Å². The van der Waals surface area contributed by atoms with Crippen molar-refractivity contribution in [2.75, 3.05) is 7.05 Å². The number of nitrogens with one attached hydrogen (secondary N) is 1. The summed E-state index contributed by atoms with van der Waals surface area (Å²) in [6.07, 6.45) is 5.58. The summed E-state index contributed by atoms with van der Waals surface area (Å²) in [5.41, 5.74) is 2.62. The van der Waals surface area contributed by atoms with Gasteiger partial charge in [0.2, 0.25) is 0 Å². The summed E-state index contributed by atoms with van der Waals surface area (Å²) in [7, 11) is -1.97. The molecule has 0 unspecified atom stereocenters. The van der Waals surface area contributed by atoms with Crippen LogP contribution in [0.25, 0.3) is 11.3 Å². The lowest BCUT2D eigenvalue weighted by atomic mass is 10.1. The van der Waals surface area contributed by atoms with Crippen LogP contribution >= 0.6 is 0 Å². The molecule has 10 nitrogen and oxygen atoms in total. The van der Waals surface area contributed by atoms with Gasteiger partial charge in [-0.3, -0.25) is 4.98 Å². The van der Waals surface area contributed by atoms with Gasteiger partial charge in [0.25, 0.3) is 10.0 Å². The topological polar surface area (TPSA) is 162 Å². The molecule has 0 radical (unpaired) electrons. The lowest BCUT2D eigenvalue weighted by molar-refractivity contribution is -0.134. The Balaban J connectivity index is 0.000000414. The van der Waals surface area contributed by atoms with Crippen LogP contribution in [0.5, 0.6) is 0 Å². The van der Waals surface area contributed by atoms with Crippen molar-refractivity contribution in [1.82, 2.24) is 14.3 Å². The number of hydrogen-bond donors (Lipinski definition) is 3. The molecule has 3 aromatic rings. The molecule has 3 rings (SSSR count). The molecule has 3 N–H and O–H groups in total. The van der Waals surface area contributed by atoms with Crippen LogP contribution in [0, 0.1) is 11.3 Å². The highest BCUT2D eigenvalue weighted by molar-refractivity contribution is 7.90. The highest BCUT2D eigenvalue weighted by Crippen LogP contribution is 2.27. The van der Waals surface area contributed by atoms with Crippen molar-refractivity contribution < 1.29 is 28.2 Å². The van der Waals surface area contributed by atoms with E-state index in [0.717, 1.165) is 5.56 Å². The number of carboxylic acid groups (broad SMARTS) is 2. The van der Waals surface area contributed by atoms with Crippen LogP contribution < -0.4 is 5.32 Å². The van der Waals surface area contributed by atoms with Gasteiger partial charge in [0, 0.05) is 37.3 Å². The Morgan fingerprint density at radius 3 is 2.27 bits per heavy atom. The highest BCUT2D eigenvalue weighted by Gasteiger charge is 2.22. The fourth-order valence-electron chi connectivity index (χ4n) is 2.68. The quantitative estimate of drug-likeness (QED) is 0.441. The molecule has 0 bridgehead atoms. The van der Waals surface area contributed by atoms with Crippen LogP contribution in [0.15, 0.2) is 78.1 Å². The van der Waals surface area contributed by atoms with Crippen LogP contribution in [0.3, 0.4) is 0 Å². The van der Waals surface area contributed by atoms with Crippen molar-refractivity contribution >= 4 is 22.0 Å². The summed E-state index contributed by atoms with van der Waals surface area (Å²) in [6.45, 7) is 0.541. The van der Waals surface area contributed by atoms with Gasteiger partial charge in [-0.05, 0) is 48.5 Å². The molecule has 1 aromatic carbocycles. The molecule has 0 atom stereocenters. The summed E-state index contributed by atoms with van der Waals surface area (Å²) in [6, 6.07) is 13.8. The number of carboxylic acids is 2. The normalized spacial score (nSPS) is 10.8. The van der Waals surface area contributed by atoms with Gasteiger partial charge in [-0.1, -0.05) is 12.1 Å². The molecule has 0 amide bonds. The number of aromatic nitrogens is 2. The third-order valence-corrected chi connectivity index (χ3v) is 5.75. The van der Waals surface area contributed by atoms with Crippen molar-refractivity contribution in [3.8, 4) is 17.3 Å². The molecule has 0 aliphatic heterocycles. The number of nitrogens with zero attached hydrogens (tertiary/aromatic N) is 3. The van der Waals surface area contributed by atoms with E-state index >= 15 is 0 Å². The van der Waals surface area contributed by atoms with Crippen molar-refractivity contribution in [3.05, 3.63) is 84.3 Å². The van der Waals surface area contributed by atoms with Gasteiger partial charge in [0.05, 0.1) is 17.3 Å². The molecule has 0 saturated heterocycles. The van der Waals surface area contributed by atoms with Crippen molar-refractivity contribution in [2.45, 2.75) is 11.4 Å². The Morgan fingerprint density at radius 2 is 1.79 bits per heavy atom. The molecule has 0 aliphatic rings. The van der Waals surface area contributed by atoms with E-state index in [2.05, 4.69) is 16.4 Å². The van der Waals surface area contributed by atoms with Crippen LogP contribution in [-0.2, 0) is 26.2 Å². The van der Waals surface area contributed by atoms with Gasteiger partial charge >= 0.3 is 11.9 Å². The number of aliphatic carboxylic acids is 2. The summed E-state index contributed by atoms with van der Waals surface area (Å²) < 4.78 is 27.3. The second-order valence-electron chi connectivity index (χ2n) is 6.45. The zero-order valence-corrected chi connectivity index (χ0v) is 18.2. The standard InChI is InChI=1S/C18H16N4O2S.C4H4O4/c1-20-11-15-9-18(16-6-4-14(10-19)5-7-16)22(13-15)25(23,24)17-3-2-8-21-12-17;5-3(6)1-2-4(7)8/h2-9,12-13,20H,11H2,1H3;1-2H,(H,5,6)(H,7,8)/b;2-1+. The van der Waals surface area contributed by atoms with E-state index in [-0.39, 0.29) is 4.90 Å². The molecule has 0 fully saturated rings. The molecule has 2 aromatic heterocycles. The first-order chi connectivity index (χ1) is 15.7. The van der Waals surface area contributed by atoms with Crippen LogP contribution in [-0.4, -0.2) is 46.6 Å². The number of hydrogen-bond acceptors (Lipinski definition) is 7. The zero-order valence-electron chi connectivity index (χ0n) is 17.4. The predicted octanol–water partition coefficient (Wildman–Crippen LogP) is 2.09. The van der Waals surface area contributed by atoms with Gasteiger partial charge in [0.1, 0.15) is 4.90 Å². The van der Waals surface area contributed by atoms with E-state index in [4.69, 9.17) is 15.5 Å². The number of pyridine rings is 1. The number of carbonyl (C=O) groups is 2. The molecule has 0 aliphatic carbocycles. The molecule has 11 heteroatoms. The minimum Gasteiger partial charge on any atom is -0.478 e. The molecule has 0 spiro atoms. The fraction of sp³-hybridized carbons (Fsp3) is 0.0909. The molecule has 0 saturated carbocycles. The van der Waals surface area contributed by atoms with Gasteiger partial charge < -0.3 is 15.5 Å². The maximum Gasteiger partial charge on any atom is 0.328 e. The Hall–Kier alpha value is -4.27. The van der Waals surface area contributed by atoms with Crippen molar-refractivity contribution in [1.29, 1.82) is 5.26 Å². The maximum absolute atomic E-state index is 13.0. The van der Waals surface area contributed by atoms with Crippen LogP contribution in [0.4, 0.5) is 0 Å². The first kappa shape index (κ1) is 25.0. The van der Waals surface area contributed by atoms with E-state index in [9.17, 15) is 18.0 Å². The second kappa shape index (κ2) is 11.4. The SMILES string of the molecule is CNCc1cc(-c2ccc(C#N)cc2)n(S(=O)(=O)c2cccnc2)c1.O=C(O)/C=C/C(=O)O. The zero-order chi connectivity index (χ0) is 24.4. The van der Waals surface area contributed by atoms with E-state index in [1.54, 1.807) is 43.6 Å². The van der Waals surface area contributed by atoms with E-state index in [0.29, 0.717) is 35.5 Å². The summed E-state index contributed by atoms with van der Waals surface area (Å²) in [4.78, 5) is 23.1. The van der Waals surface area contributed by atoms with Gasteiger partial charge in [0.15, 0.2) is 0 Å². The average Bonchev–Trinajstić information content (AvgIpc) is 3.24. The number of benzene rings is 1. The van der Waals surface area contributed by atoms with Crippen LogP contribution in [0.2, 0.25) is 0 Å². The lowest BCUT2D eigenvalue weighted by Gasteiger charge is -2.10. The minimum absolute atomic E-state index is 0.122. The van der Waals surface area contributed by atoms with Crippen molar-refractivity contribution in [2.24, 2.45) is 0 Å². The Kier molecular flexibility index (Phi) is 8.62. The summed E-state index contributed by atoms with van der Waals surface area (Å²) in [5.74, 6) is -2.51. The minimum atomic E-state index is -3.77. The molecule has 170 valence electrons. The Morgan fingerprint density at radius 1 is 1.15 bits per heavy atom. The highest BCUT2D eigenvalue weighted by atomic mass is 32.2. The maximum atomic E-state index is 13.0. The predicted molar refractivity (Wildman–Crippen MR) is 119 cm³/mol. The van der Waals surface area contributed by atoms with Gasteiger partial charge in [-0.2, -0.15) is 5.26 Å². The Labute approximate surface area is 190 Å². The molecule has 2 heterocycles. The lowest BCUT2D eigenvalue weighted by Crippen LogP contribution is -2.13. The third kappa shape index (κ3) is 6.86. The molecular formula is C22H20N4O6S. The summed E-state index contributed by atoms with van der Waals surface area (Å²) in [5, 5.41) is 27.6. The van der Waals surface area contributed by atoms with Gasteiger partial charge in [-0.25, -0.2) is 22.0 Å². The van der Waals surface area contributed by atoms with Gasteiger partial charge in [-0.15, -0.1) is 0 Å².